The number of hydrogen-bond donors (Lipinski definition) is 8. The summed E-state index contributed by atoms with van der Waals surface area (Å²) in [6.45, 7) is 1.14. The predicted molar refractivity (Wildman–Crippen MR) is 115 cm³/mol. The smallest absolute Gasteiger partial charge is 0.326 e. The lowest BCUT2D eigenvalue weighted by Gasteiger charge is -2.26. The molecule has 188 valence electrons. The summed E-state index contributed by atoms with van der Waals surface area (Å²) in [5.41, 5.74) is 5.43. The van der Waals surface area contributed by atoms with Crippen LogP contribution in [0.3, 0.4) is 0 Å². The molecule has 0 aromatic rings. The van der Waals surface area contributed by atoms with Crippen molar-refractivity contribution in [2.75, 3.05) is 12.0 Å². The van der Waals surface area contributed by atoms with E-state index in [1.165, 1.54) is 11.8 Å². The molecule has 5 atom stereocenters. The fraction of sp³-hybridized carbons (Fsp3) is 0.667. The largest absolute Gasteiger partial charge is 0.481 e. The van der Waals surface area contributed by atoms with E-state index in [1.54, 1.807) is 6.26 Å². The Hall–Kier alpha value is -2.91. The molecule has 0 fully saturated rings. The van der Waals surface area contributed by atoms with Crippen LogP contribution in [0.25, 0.3) is 0 Å². The van der Waals surface area contributed by atoms with Gasteiger partial charge in [-0.05, 0) is 31.8 Å². The summed E-state index contributed by atoms with van der Waals surface area (Å²) in [5.74, 6) is -6.64. The van der Waals surface area contributed by atoms with Gasteiger partial charge in [-0.25, -0.2) is 4.79 Å². The Morgan fingerprint density at radius 2 is 1.42 bits per heavy atom. The molecule has 0 aliphatic rings. The molecule has 0 heterocycles. The summed E-state index contributed by atoms with van der Waals surface area (Å²) < 4.78 is 0. The molecule has 0 saturated heterocycles. The number of aliphatic carboxylic acids is 3. The van der Waals surface area contributed by atoms with Crippen LogP contribution in [-0.2, 0) is 28.8 Å². The number of rotatable bonds is 16. The zero-order valence-corrected chi connectivity index (χ0v) is 19.0. The lowest BCUT2D eigenvalue weighted by Crippen LogP contribution is -2.60. The predicted octanol–water partition coefficient (Wildman–Crippen LogP) is -2.67. The summed E-state index contributed by atoms with van der Waals surface area (Å²) in [7, 11) is 0. The van der Waals surface area contributed by atoms with E-state index < -0.39 is 85.2 Å². The van der Waals surface area contributed by atoms with Crippen molar-refractivity contribution >= 4 is 47.4 Å². The molecule has 33 heavy (non-hydrogen) atoms. The number of aliphatic hydroxyl groups excluding tert-OH is 1. The molecule has 0 bridgehead atoms. The maximum absolute atomic E-state index is 12.6. The fourth-order valence-electron chi connectivity index (χ4n) is 2.51. The highest BCUT2D eigenvalue weighted by atomic mass is 32.2. The van der Waals surface area contributed by atoms with Crippen molar-refractivity contribution < 1.29 is 49.2 Å². The molecule has 9 N–H and O–H groups in total. The molecule has 0 aliphatic heterocycles. The molecule has 0 rings (SSSR count). The van der Waals surface area contributed by atoms with Crippen molar-refractivity contribution in [3.05, 3.63) is 0 Å². The monoisotopic (exact) mass is 494 g/mol. The first kappa shape index (κ1) is 30.1. The molecule has 15 heteroatoms. The van der Waals surface area contributed by atoms with Crippen LogP contribution in [-0.4, -0.2) is 98.3 Å². The molecule has 0 spiro atoms. The number of carboxylic acid groups (broad SMARTS) is 3. The number of carbonyl (C=O) groups excluding carboxylic acids is 3. The molecular weight excluding hydrogens is 464 g/mol. The number of nitrogens with one attached hydrogen (secondary N) is 3. The molecule has 0 aliphatic carbocycles. The van der Waals surface area contributed by atoms with Crippen LogP contribution >= 0.6 is 11.8 Å². The number of aliphatic hydroxyl groups is 1. The van der Waals surface area contributed by atoms with Gasteiger partial charge in [0, 0.05) is 6.42 Å². The van der Waals surface area contributed by atoms with E-state index in [0.717, 1.165) is 6.92 Å². The summed E-state index contributed by atoms with van der Waals surface area (Å²) in [5, 5.41) is 43.3. The van der Waals surface area contributed by atoms with Gasteiger partial charge in [0.25, 0.3) is 0 Å². The SMILES string of the molecule is CSCCC(NC(=O)C(CCC(=O)O)NC(=O)C(NC(=O)C(N)CC(=O)O)C(C)O)C(=O)O. The number of thioether (sulfide) groups is 1. The highest BCUT2D eigenvalue weighted by Gasteiger charge is 2.32. The first-order valence-corrected chi connectivity index (χ1v) is 11.2. The Kier molecular flexibility index (Phi) is 13.7. The van der Waals surface area contributed by atoms with Gasteiger partial charge in [0.2, 0.25) is 17.7 Å². The van der Waals surface area contributed by atoms with Gasteiger partial charge in [-0.3, -0.25) is 24.0 Å². The average Bonchev–Trinajstić information content (AvgIpc) is 2.70. The molecule has 3 amide bonds. The van der Waals surface area contributed by atoms with Gasteiger partial charge in [0.15, 0.2) is 0 Å². The number of amides is 3. The normalized spacial score (nSPS) is 15.3. The zero-order valence-electron chi connectivity index (χ0n) is 18.1. The third-order valence-electron chi connectivity index (χ3n) is 4.30. The molecule has 14 nitrogen and oxygen atoms in total. The van der Waals surface area contributed by atoms with Gasteiger partial charge in [-0.2, -0.15) is 11.8 Å². The van der Waals surface area contributed by atoms with Gasteiger partial charge in [0.05, 0.1) is 18.6 Å². The second kappa shape index (κ2) is 15.0. The topological polar surface area (TPSA) is 245 Å². The first-order chi connectivity index (χ1) is 15.3. The molecular formula is C18H30N4O10S. The average molecular weight is 495 g/mol. The molecule has 0 aromatic heterocycles. The molecule has 0 radical (unpaired) electrons. The van der Waals surface area contributed by atoms with E-state index >= 15 is 0 Å². The summed E-state index contributed by atoms with van der Waals surface area (Å²) in [4.78, 5) is 70.3. The van der Waals surface area contributed by atoms with Crippen molar-refractivity contribution in [3.63, 3.8) is 0 Å². The van der Waals surface area contributed by atoms with Gasteiger partial charge in [-0.15, -0.1) is 0 Å². The van der Waals surface area contributed by atoms with E-state index in [9.17, 15) is 39.0 Å². The van der Waals surface area contributed by atoms with Crippen LogP contribution in [0, 0.1) is 0 Å². The second-order valence-electron chi connectivity index (χ2n) is 7.11. The number of carbonyl (C=O) groups is 6. The maximum Gasteiger partial charge on any atom is 0.326 e. The van der Waals surface area contributed by atoms with Crippen LogP contribution in [0.2, 0.25) is 0 Å². The number of nitrogens with two attached hydrogens (primary N) is 1. The van der Waals surface area contributed by atoms with E-state index in [1.807, 2.05) is 0 Å². The molecule has 0 aromatic carbocycles. The summed E-state index contributed by atoms with van der Waals surface area (Å²) in [6.07, 6.45) is -1.37. The van der Waals surface area contributed by atoms with Crippen LogP contribution in [0.1, 0.15) is 32.6 Å². The van der Waals surface area contributed by atoms with Gasteiger partial charge in [0.1, 0.15) is 18.1 Å². The molecule has 5 unspecified atom stereocenters. The van der Waals surface area contributed by atoms with Crippen molar-refractivity contribution in [1.29, 1.82) is 0 Å². The minimum atomic E-state index is -1.65. The Morgan fingerprint density at radius 3 is 1.88 bits per heavy atom. The van der Waals surface area contributed by atoms with Crippen molar-refractivity contribution in [1.82, 2.24) is 16.0 Å². The fourth-order valence-corrected chi connectivity index (χ4v) is 2.98. The van der Waals surface area contributed by atoms with Crippen molar-refractivity contribution in [2.24, 2.45) is 5.73 Å². The summed E-state index contributed by atoms with van der Waals surface area (Å²) in [6, 6.07) is -5.94. The van der Waals surface area contributed by atoms with Crippen LogP contribution in [0.4, 0.5) is 0 Å². The Labute approximate surface area is 193 Å². The van der Waals surface area contributed by atoms with E-state index in [0.29, 0.717) is 5.75 Å². The van der Waals surface area contributed by atoms with E-state index in [-0.39, 0.29) is 6.42 Å². The zero-order chi connectivity index (χ0) is 25.7. The Morgan fingerprint density at radius 1 is 0.848 bits per heavy atom. The minimum Gasteiger partial charge on any atom is -0.481 e. The van der Waals surface area contributed by atoms with Crippen molar-refractivity contribution in [2.45, 2.75) is 62.9 Å². The Bertz CT molecular complexity index is 733. The van der Waals surface area contributed by atoms with E-state index in [2.05, 4.69) is 16.0 Å². The number of carboxylic acids is 3. The van der Waals surface area contributed by atoms with Gasteiger partial charge in [-0.1, -0.05) is 0 Å². The van der Waals surface area contributed by atoms with E-state index in [4.69, 9.17) is 15.9 Å². The quantitative estimate of drug-likeness (QED) is 0.109. The van der Waals surface area contributed by atoms with Crippen molar-refractivity contribution in [3.8, 4) is 0 Å². The lowest BCUT2D eigenvalue weighted by atomic mass is 10.1. The highest BCUT2D eigenvalue weighted by Crippen LogP contribution is 2.05. The highest BCUT2D eigenvalue weighted by molar-refractivity contribution is 7.98. The third kappa shape index (κ3) is 12.1. The molecule has 0 saturated carbocycles. The van der Waals surface area contributed by atoms with Gasteiger partial charge >= 0.3 is 17.9 Å². The minimum absolute atomic E-state index is 0.0790. The third-order valence-corrected chi connectivity index (χ3v) is 4.94. The standard InChI is InChI=1S/C18H30N4O10S/c1-8(23)14(22-15(28)9(19)7-13(26)27)17(30)20-10(3-4-12(24)25)16(29)21-11(18(31)32)5-6-33-2/h8-11,14,23H,3-7,19H2,1-2H3,(H,20,30)(H,21,29)(H,22,28)(H,24,25)(H,26,27)(H,31,32). The Balaban J connectivity index is 5.47. The summed E-state index contributed by atoms with van der Waals surface area (Å²) >= 11 is 1.35. The first-order valence-electron chi connectivity index (χ1n) is 9.80. The van der Waals surface area contributed by atoms with Gasteiger partial charge < -0.3 is 42.1 Å². The maximum atomic E-state index is 12.6. The number of hydrogen-bond acceptors (Lipinski definition) is 9. The lowest BCUT2D eigenvalue weighted by molar-refractivity contribution is -0.143. The van der Waals surface area contributed by atoms with Crippen LogP contribution < -0.4 is 21.7 Å². The van der Waals surface area contributed by atoms with Crippen LogP contribution in [0.15, 0.2) is 0 Å². The second-order valence-corrected chi connectivity index (χ2v) is 8.09. The van der Waals surface area contributed by atoms with Crippen LogP contribution in [0.5, 0.6) is 0 Å².